The van der Waals surface area contributed by atoms with Crippen LogP contribution >= 0.6 is 0 Å². The molecule has 0 aromatic heterocycles. The van der Waals surface area contributed by atoms with Crippen molar-refractivity contribution in [1.29, 1.82) is 0 Å². The van der Waals surface area contributed by atoms with Crippen LogP contribution < -0.4 is 10.5 Å². The van der Waals surface area contributed by atoms with Crippen LogP contribution in [0.4, 0.5) is 18.9 Å². The van der Waals surface area contributed by atoms with E-state index in [2.05, 4.69) is 0 Å². The predicted molar refractivity (Wildman–Crippen MR) is 73.4 cm³/mol. The van der Waals surface area contributed by atoms with E-state index in [1.165, 1.54) is 6.92 Å². The molecule has 1 aromatic rings. The summed E-state index contributed by atoms with van der Waals surface area (Å²) in [5, 5.41) is 0. The maximum atomic E-state index is 12.9. The van der Waals surface area contributed by atoms with Gasteiger partial charge in [0.25, 0.3) is 0 Å². The molecule has 3 N–H and O–H groups in total. The van der Waals surface area contributed by atoms with Gasteiger partial charge in [0, 0.05) is 5.69 Å². The van der Waals surface area contributed by atoms with Crippen molar-refractivity contribution in [3.8, 4) is 0 Å². The molecule has 0 radical (unpaired) electrons. The maximum Gasteiger partial charge on any atom is 0.407 e. The van der Waals surface area contributed by atoms with Gasteiger partial charge in [0.15, 0.2) is 0 Å². The molecule has 2 rings (SSSR count). The van der Waals surface area contributed by atoms with E-state index in [4.69, 9.17) is 5.73 Å². The molecule has 8 heteroatoms. The van der Waals surface area contributed by atoms with Crippen LogP contribution in [0.2, 0.25) is 0 Å². The van der Waals surface area contributed by atoms with Crippen molar-refractivity contribution in [3.05, 3.63) is 22.8 Å². The van der Waals surface area contributed by atoms with E-state index < -0.39 is 21.7 Å². The van der Waals surface area contributed by atoms with E-state index in [0.717, 1.165) is 0 Å². The van der Waals surface area contributed by atoms with E-state index in [1.807, 2.05) is 4.72 Å². The van der Waals surface area contributed by atoms with Crippen LogP contribution in [0.15, 0.2) is 11.0 Å². The number of alkyl halides is 3. The zero-order chi connectivity index (χ0) is 16.2. The predicted octanol–water partition coefficient (Wildman–Crippen LogP) is 2.57. The van der Waals surface area contributed by atoms with Crippen LogP contribution in [0.1, 0.15) is 29.5 Å². The Morgan fingerprint density at radius 1 is 1.19 bits per heavy atom. The fourth-order valence-corrected chi connectivity index (χ4v) is 4.40. The summed E-state index contributed by atoms with van der Waals surface area (Å²) in [7, 11) is -4.29. The highest BCUT2D eigenvalue weighted by molar-refractivity contribution is 7.89. The number of nitrogen functional groups attached to an aromatic ring is 1. The van der Waals surface area contributed by atoms with Crippen LogP contribution in [0, 0.1) is 20.8 Å². The van der Waals surface area contributed by atoms with E-state index in [1.54, 1.807) is 19.9 Å². The summed E-state index contributed by atoms with van der Waals surface area (Å²) in [5.41, 5.74) is 5.10. The zero-order valence-electron chi connectivity index (χ0n) is 11.9. The Bertz CT molecular complexity index is 692. The van der Waals surface area contributed by atoms with Crippen molar-refractivity contribution in [2.75, 3.05) is 5.73 Å². The molecule has 0 aliphatic heterocycles. The van der Waals surface area contributed by atoms with Gasteiger partial charge >= 0.3 is 6.18 Å². The molecule has 0 bridgehead atoms. The maximum absolute atomic E-state index is 12.9. The van der Waals surface area contributed by atoms with Gasteiger partial charge in [-0.15, -0.1) is 0 Å². The normalized spacial score (nSPS) is 17.8. The average molecular weight is 322 g/mol. The standard InChI is InChI=1S/C13H17F3N2O2S/c1-7-6-8(2)11(9(3)10(7)17)21(19,20)18-12(4-5-12)13(14,15)16/h6,18H,4-5,17H2,1-3H3. The first-order valence-electron chi connectivity index (χ1n) is 6.38. The monoisotopic (exact) mass is 322 g/mol. The average Bonchev–Trinajstić information content (AvgIpc) is 3.05. The van der Waals surface area contributed by atoms with Gasteiger partial charge in [-0.1, -0.05) is 6.07 Å². The molecule has 1 aliphatic rings. The van der Waals surface area contributed by atoms with E-state index >= 15 is 0 Å². The second-order valence-electron chi connectivity index (χ2n) is 5.56. The van der Waals surface area contributed by atoms with Gasteiger partial charge in [-0.05, 0) is 50.3 Å². The van der Waals surface area contributed by atoms with Crippen LogP contribution in [0.3, 0.4) is 0 Å². The van der Waals surface area contributed by atoms with Gasteiger partial charge in [-0.25, -0.2) is 8.42 Å². The van der Waals surface area contributed by atoms with Gasteiger partial charge in [0.2, 0.25) is 10.0 Å². The molecule has 21 heavy (non-hydrogen) atoms. The largest absolute Gasteiger partial charge is 0.407 e. The second-order valence-corrected chi connectivity index (χ2v) is 7.18. The molecule has 0 saturated heterocycles. The quantitative estimate of drug-likeness (QED) is 0.840. The fraction of sp³-hybridized carbons (Fsp3) is 0.538. The first-order valence-corrected chi connectivity index (χ1v) is 7.86. The molecular formula is C13H17F3N2O2S. The second kappa shape index (κ2) is 4.61. The minimum Gasteiger partial charge on any atom is -0.398 e. The molecule has 118 valence electrons. The first kappa shape index (κ1) is 16.1. The number of hydrogen-bond acceptors (Lipinski definition) is 3. The third kappa shape index (κ3) is 2.62. The van der Waals surface area contributed by atoms with Crippen molar-refractivity contribution in [1.82, 2.24) is 4.72 Å². The number of benzene rings is 1. The van der Waals surface area contributed by atoms with Gasteiger partial charge in [-0.2, -0.15) is 17.9 Å². The van der Waals surface area contributed by atoms with Crippen LogP contribution in [-0.2, 0) is 10.0 Å². The number of rotatable bonds is 3. The third-order valence-corrected chi connectivity index (χ3v) is 5.68. The Hall–Kier alpha value is -1.28. The summed E-state index contributed by atoms with van der Waals surface area (Å²) in [6.45, 7) is 4.76. The lowest BCUT2D eigenvalue weighted by Crippen LogP contribution is -2.48. The Balaban J connectivity index is 2.50. The molecule has 0 heterocycles. The number of aryl methyl sites for hydroxylation is 2. The van der Waals surface area contributed by atoms with Crippen LogP contribution in [0.5, 0.6) is 0 Å². The molecule has 1 aromatic carbocycles. The Kier molecular flexibility index (Phi) is 3.53. The minimum atomic E-state index is -4.60. The summed E-state index contributed by atoms with van der Waals surface area (Å²) in [4.78, 5) is -0.166. The van der Waals surface area contributed by atoms with Gasteiger partial charge in [0.1, 0.15) is 5.54 Å². The Labute approximate surface area is 121 Å². The Morgan fingerprint density at radius 2 is 1.71 bits per heavy atom. The first-order chi connectivity index (χ1) is 9.41. The van der Waals surface area contributed by atoms with Crippen molar-refractivity contribution >= 4 is 15.7 Å². The van der Waals surface area contributed by atoms with Crippen molar-refractivity contribution in [3.63, 3.8) is 0 Å². The number of nitrogens with one attached hydrogen (secondary N) is 1. The third-order valence-electron chi connectivity index (χ3n) is 3.85. The van der Waals surface area contributed by atoms with Crippen molar-refractivity contribution in [2.45, 2.75) is 50.2 Å². The van der Waals surface area contributed by atoms with Crippen LogP contribution in [0.25, 0.3) is 0 Å². The highest BCUT2D eigenvalue weighted by atomic mass is 32.2. The molecule has 0 amide bonds. The summed E-state index contributed by atoms with van der Waals surface area (Å²) in [5.74, 6) is 0. The lowest BCUT2D eigenvalue weighted by molar-refractivity contribution is -0.160. The van der Waals surface area contributed by atoms with Crippen molar-refractivity contribution in [2.24, 2.45) is 0 Å². The zero-order valence-corrected chi connectivity index (χ0v) is 12.7. The number of hydrogen-bond donors (Lipinski definition) is 2. The molecule has 0 spiro atoms. The molecular weight excluding hydrogens is 305 g/mol. The summed E-state index contributed by atoms with van der Waals surface area (Å²) < 4.78 is 65.4. The summed E-state index contributed by atoms with van der Waals surface area (Å²) in [6, 6.07) is 1.56. The molecule has 1 aliphatic carbocycles. The number of anilines is 1. The number of halogens is 3. The highest BCUT2D eigenvalue weighted by Crippen LogP contribution is 2.50. The van der Waals surface area contributed by atoms with E-state index in [0.29, 0.717) is 11.1 Å². The fourth-order valence-electron chi connectivity index (χ4n) is 2.47. The topological polar surface area (TPSA) is 72.2 Å². The molecule has 1 saturated carbocycles. The van der Waals surface area contributed by atoms with Gasteiger partial charge < -0.3 is 5.73 Å². The lowest BCUT2D eigenvalue weighted by Gasteiger charge is -2.22. The SMILES string of the molecule is Cc1cc(C)c(S(=O)(=O)NC2(C(F)(F)F)CC2)c(C)c1N. The highest BCUT2D eigenvalue weighted by Gasteiger charge is 2.65. The lowest BCUT2D eigenvalue weighted by atomic mass is 10.1. The number of nitrogens with two attached hydrogens (primary N) is 1. The molecule has 0 atom stereocenters. The van der Waals surface area contributed by atoms with E-state index in [9.17, 15) is 21.6 Å². The van der Waals surface area contributed by atoms with Crippen molar-refractivity contribution < 1.29 is 21.6 Å². The van der Waals surface area contributed by atoms with Gasteiger partial charge in [-0.3, -0.25) is 0 Å². The summed E-state index contributed by atoms with van der Waals surface area (Å²) in [6.07, 6.45) is -5.08. The Morgan fingerprint density at radius 3 is 2.14 bits per heavy atom. The summed E-state index contributed by atoms with van der Waals surface area (Å²) >= 11 is 0. The molecule has 4 nitrogen and oxygen atoms in total. The van der Waals surface area contributed by atoms with Crippen LogP contribution in [-0.4, -0.2) is 20.1 Å². The minimum absolute atomic E-state index is 0.166. The molecule has 0 unspecified atom stereocenters. The number of sulfonamides is 1. The smallest absolute Gasteiger partial charge is 0.398 e. The van der Waals surface area contributed by atoms with E-state index in [-0.39, 0.29) is 29.0 Å². The molecule has 1 fully saturated rings. The van der Waals surface area contributed by atoms with Gasteiger partial charge in [0.05, 0.1) is 4.90 Å².